The van der Waals surface area contributed by atoms with Crippen LogP contribution in [0.3, 0.4) is 0 Å². The maximum absolute atomic E-state index is 6.10. The quantitative estimate of drug-likeness (QED) is 0.754. The first-order chi connectivity index (χ1) is 9.20. The van der Waals surface area contributed by atoms with Crippen molar-refractivity contribution in [3.05, 3.63) is 59.7 Å². The van der Waals surface area contributed by atoms with Gasteiger partial charge in [0.15, 0.2) is 0 Å². The molecule has 0 heterocycles. The van der Waals surface area contributed by atoms with E-state index in [1.54, 1.807) is 0 Å². The fourth-order valence-corrected chi connectivity index (χ4v) is 3.05. The second-order valence-electron chi connectivity index (χ2n) is 4.37. The van der Waals surface area contributed by atoms with Crippen molar-refractivity contribution in [2.45, 2.75) is 20.8 Å². The van der Waals surface area contributed by atoms with Crippen LogP contribution in [0.1, 0.15) is 18.1 Å². The average Bonchev–Trinajstić information content (AvgIpc) is 2.43. The molecule has 0 aliphatic heterocycles. The van der Waals surface area contributed by atoms with E-state index < -0.39 is 8.38 Å². The fraction of sp³-hybridized carbons (Fsp3) is 0.250. The van der Waals surface area contributed by atoms with E-state index in [0.717, 1.165) is 16.6 Å². The third-order valence-corrected chi connectivity index (χ3v) is 4.31. The van der Waals surface area contributed by atoms with Gasteiger partial charge in [-0.3, -0.25) is 0 Å². The third kappa shape index (κ3) is 3.79. The molecular formula is C16H19O2P. The van der Waals surface area contributed by atoms with Gasteiger partial charge in [0.2, 0.25) is 0 Å². The largest absolute Gasteiger partial charge is 0.444 e. The zero-order chi connectivity index (χ0) is 13.7. The second-order valence-corrected chi connectivity index (χ2v) is 5.84. The molecule has 0 radical (unpaired) electrons. The summed E-state index contributed by atoms with van der Waals surface area (Å²) in [5.41, 5.74) is 2.33. The predicted molar refractivity (Wildman–Crippen MR) is 81.2 cm³/mol. The Morgan fingerprint density at radius 2 is 1.74 bits per heavy atom. The topological polar surface area (TPSA) is 18.5 Å². The average molecular weight is 274 g/mol. The maximum atomic E-state index is 6.10. The van der Waals surface area contributed by atoms with Crippen molar-refractivity contribution < 1.29 is 9.05 Å². The van der Waals surface area contributed by atoms with Crippen LogP contribution < -0.4 is 9.83 Å². The normalized spacial score (nSPS) is 12.2. The van der Waals surface area contributed by atoms with Gasteiger partial charge in [-0.25, -0.2) is 0 Å². The lowest BCUT2D eigenvalue weighted by Crippen LogP contribution is -2.08. The van der Waals surface area contributed by atoms with E-state index in [2.05, 4.69) is 32.0 Å². The summed E-state index contributed by atoms with van der Waals surface area (Å²) in [6, 6.07) is 16.3. The van der Waals surface area contributed by atoms with Gasteiger partial charge in [0.05, 0.1) is 6.61 Å². The fourth-order valence-electron chi connectivity index (χ4n) is 1.72. The van der Waals surface area contributed by atoms with Gasteiger partial charge in [0, 0.05) is 5.30 Å². The van der Waals surface area contributed by atoms with Gasteiger partial charge in [0.25, 0.3) is 8.38 Å². The molecule has 19 heavy (non-hydrogen) atoms. The highest BCUT2D eigenvalue weighted by atomic mass is 31.2. The highest BCUT2D eigenvalue weighted by Crippen LogP contribution is 2.39. The van der Waals surface area contributed by atoms with Gasteiger partial charge in [-0.15, -0.1) is 0 Å². The van der Waals surface area contributed by atoms with Crippen LogP contribution in [-0.2, 0) is 4.52 Å². The second kappa shape index (κ2) is 6.70. The van der Waals surface area contributed by atoms with E-state index in [4.69, 9.17) is 9.05 Å². The SMILES string of the molecule is CCOP(Oc1cc(C)ccc1C)c1ccccc1. The maximum Gasteiger partial charge on any atom is 0.265 e. The first-order valence-corrected chi connectivity index (χ1v) is 7.61. The molecule has 0 aliphatic rings. The molecule has 2 rings (SSSR count). The van der Waals surface area contributed by atoms with Gasteiger partial charge < -0.3 is 9.05 Å². The van der Waals surface area contributed by atoms with Crippen LogP contribution in [0.15, 0.2) is 48.5 Å². The Labute approximate surface area is 116 Å². The van der Waals surface area contributed by atoms with E-state index in [9.17, 15) is 0 Å². The van der Waals surface area contributed by atoms with Gasteiger partial charge in [0.1, 0.15) is 5.75 Å². The van der Waals surface area contributed by atoms with Crippen molar-refractivity contribution in [3.63, 3.8) is 0 Å². The summed E-state index contributed by atoms with van der Waals surface area (Å²) < 4.78 is 11.9. The predicted octanol–water partition coefficient (Wildman–Crippen LogP) is 4.36. The molecule has 0 aliphatic carbocycles. The zero-order valence-corrected chi connectivity index (χ0v) is 12.5. The van der Waals surface area contributed by atoms with E-state index in [-0.39, 0.29) is 0 Å². The highest BCUT2D eigenvalue weighted by molar-refractivity contribution is 7.56. The minimum atomic E-state index is -1.06. The van der Waals surface area contributed by atoms with Gasteiger partial charge in [-0.2, -0.15) is 0 Å². The lowest BCUT2D eigenvalue weighted by atomic mass is 10.1. The summed E-state index contributed by atoms with van der Waals surface area (Å²) in [6.07, 6.45) is 0. The molecule has 0 saturated heterocycles. The van der Waals surface area contributed by atoms with E-state index in [1.165, 1.54) is 5.56 Å². The Morgan fingerprint density at radius 1 is 1.00 bits per heavy atom. The molecule has 100 valence electrons. The molecule has 2 nitrogen and oxygen atoms in total. The number of hydrogen-bond donors (Lipinski definition) is 0. The molecule has 0 saturated carbocycles. The van der Waals surface area contributed by atoms with Crippen LogP contribution in [0.4, 0.5) is 0 Å². The summed E-state index contributed by atoms with van der Waals surface area (Å²) in [6.45, 7) is 6.76. The number of rotatable bonds is 5. The molecule has 2 aromatic rings. The molecule has 3 heteroatoms. The van der Waals surface area contributed by atoms with Gasteiger partial charge >= 0.3 is 0 Å². The summed E-state index contributed by atoms with van der Waals surface area (Å²) in [4.78, 5) is 0. The Kier molecular flexibility index (Phi) is 4.95. The summed E-state index contributed by atoms with van der Waals surface area (Å²) in [5.74, 6) is 0.906. The Morgan fingerprint density at radius 3 is 2.42 bits per heavy atom. The third-order valence-electron chi connectivity index (χ3n) is 2.74. The highest BCUT2D eigenvalue weighted by Gasteiger charge is 2.16. The van der Waals surface area contributed by atoms with E-state index in [1.807, 2.05) is 37.3 Å². The molecule has 0 spiro atoms. The summed E-state index contributed by atoms with van der Waals surface area (Å²) >= 11 is 0. The smallest absolute Gasteiger partial charge is 0.265 e. The van der Waals surface area contributed by atoms with Crippen molar-refractivity contribution in [3.8, 4) is 5.75 Å². The van der Waals surface area contributed by atoms with Crippen molar-refractivity contribution in [2.24, 2.45) is 0 Å². The van der Waals surface area contributed by atoms with Crippen LogP contribution in [0.5, 0.6) is 5.75 Å². The van der Waals surface area contributed by atoms with Crippen molar-refractivity contribution in [1.29, 1.82) is 0 Å². The number of aryl methyl sites for hydroxylation is 2. The molecule has 1 unspecified atom stereocenters. The van der Waals surface area contributed by atoms with E-state index >= 15 is 0 Å². The van der Waals surface area contributed by atoms with Crippen LogP contribution in [0.25, 0.3) is 0 Å². The van der Waals surface area contributed by atoms with Gasteiger partial charge in [-0.05, 0) is 50.1 Å². The summed E-state index contributed by atoms with van der Waals surface area (Å²) in [5, 5.41) is 1.10. The molecule has 2 aromatic carbocycles. The molecule has 0 fully saturated rings. The molecule has 1 atom stereocenters. The molecule has 0 amide bonds. The Balaban J connectivity index is 2.24. The van der Waals surface area contributed by atoms with E-state index in [0.29, 0.717) is 6.61 Å². The van der Waals surface area contributed by atoms with Crippen LogP contribution in [-0.4, -0.2) is 6.61 Å². The Hall–Kier alpha value is -1.37. The summed E-state index contributed by atoms with van der Waals surface area (Å²) in [7, 11) is -1.06. The zero-order valence-electron chi connectivity index (χ0n) is 11.6. The first kappa shape index (κ1) is 14.0. The van der Waals surface area contributed by atoms with Gasteiger partial charge in [-0.1, -0.05) is 30.3 Å². The van der Waals surface area contributed by atoms with Crippen LogP contribution >= 0.6 is 8.38 Å². The minimum Gasteiger partial charge on any atom is -0.444 e. The molecule has 0 bridgehead atoms. The monoisotopic (exact) mass is 274 g/mol. The number of benzene rings is 2. The molecular weight excluding hydrogens is 255 g/mol. The lowest BCUT2D eigenvalue weighted by Gasteiger charge is -2.19. The minimum absolute atomic E-state index is 0.644. The van der Waals surface area contributed by atoms with Crippen LogP contribution in [0, 0.1) is 13.8 Å². The van der Waals surface area contributed by atoms with Crippen LogP contribution in [0.2, 0.25) is 0 Å². The van der Waals surface area contributed by atoms with Crippen molar-refractivity contribution >= 4 is 13.7 Å². The molecule has 0 aromatic heterocycles. The Bertz CT molecular complexity index is 526. The van der Waals surface area contributed by atoms with Crippen molar-refractivity contribution in [1.82, 2.24) is 0 Å². The standard InChI is InChI=1S/C16H19O2P/c1-4-17-19(15-8-6-5-7-9-15)18-16-12-13(2)10-11-14(16)3/h5-12H,4H2,1-3H3. The lowest BCUT2D eigenvalue weighted by molar-refractivity contribution is 0.341. The number of hydrogen-bond acceptors (Lipinski definition) is 2. The van der Waals surface area contributed by atoms with Crippen molar-refractivity contribution in [2.75, 3.05) is 6.61 Å². The molecule has 0 N–H and O–H groups in total. The first-order valence-electron chi connectivity index (χ1n) is 6.44.